The van der Waals surface area contributed by atoms with Crippen molar-refractivity contribution in [3.8, 4) is 0 Å². The molecule has 0 saturated heterocycles. The van der Waals surface area contributed by atoms with Gasteiger partial charge in [-0.2, -0.15) is 0 Å². The fourth-order valence-corrected chi connectivity index (χ4v) is 9.44. The molecule has 0 radical (unpaired) electrons. The molecule has 7 N–H and O–H groups in total. The summed E-state index contributed by atoms with van der Waals surface area (Å²) < 4.78 is 0. The zero-order valence-corrected chi connectivity index (χ0v) is 23.3. The number of carbonyl (C=O) groups is 2. The van der Waals surface area contributed by atoms with Gasteiger partial charge in [-0.25, -0.2) is 0 Å². The number of carboxylic acids is 2. The molecule has 0 aromatic heterocycles. The highest BCUT2D eigenvalue weighted by Crippen LogP contribution is 2.69. The summed E-state index contributed by atoms with van der Waals surface area (Å²) in [5, 5.41) is 50.7. The van der Waals surface area contributed by atoms with Crippen LogP contribution in [0.1, 0.15) is 92.4 Å². The number of hydrogen-bond donors (Lipinski definition) is 6. The van der Waals surface area contributed by atoms with Crippen LogP contribution in [0.15, 0.2) is 0 Å². The highest BCUT2D eigenvalue weighted by atomic mass is 16.4. The number of rotatable bonds is 6. The van der Waals surface area contributed by atoms with Crippen LogP contribution in [-0.2, 0) is 9.59 Å². The van der Waals surface area contributed by atoms with E-state index in [0.717, 1.165) is 44.9 Å². The number of fused-ring (bicyclic) bond motifs is 5. The van der Waals surface area contributed by atoms with Gasteiger partial charge in [-0.3, -0.25) is 9.59 Å². The lowest BCUT2D eigenvalue weighted by Gasteiger charge is -2.65. The van der Waals surface area contributed by atoms with Crippen LogP contribution >= 0.6 is 0 Å². The monoisotopic (exact) mass is 525 g/mol. The molecule has 0 heterocycles. The number of hydrogen-bond acceptors (Lipinski definition) is 6. The van der Waals surface area contributed by atoms with Gasteiger partial charge in [-0.05, 0) is 104 Å². The Kier molecular flexibility index (Phi) is 9.41. The topological polar surface area (TPSA) is 161 Å². The highest BCUT2D eigenvalue weighted by Gasteiger charge is 2.67. The summed E-state index contributed by atoms with van der Waals surface area (Å²) in [6.45, 7) is 10.4. The van der Waals surface area contributed by atoms with Crippen molar-refractivity contribution in [1.29, 1.82) is 0 Å². The largest absolute Gasteiger partial charge is 0.481 e. The molecule has 37 heavy (non-hydrogen) atoms. The maximum absolute atomic E-state index is 11.7. The Morgan fingerprint density at radius 1 is 0.973 bits per heavy atom. The minimum absolute atomic E-state index is 0.0686. The molecule has 8 nitrogen and oxygen atoms in total. The van der Waals surface area contributed by atoms with Gasteiger partial charge < -0.3 is 31.3 Å². The van der Waals surface area contributed by atoms with E-state index in [0.29, 0.717) is 24.2 Å². The maximum atomic E-state index is 11.7. The van der Waals surface area contributed by atoms with E-state index in [4.69, 9.17) is 15.9 Å². The minimum Gasteiger partial charge on any atom is -0.481 e. The molecule has 214 valence electrons. The molecule has 0 bridgehead atoms. The van der Waals surface area contributed by atoms with Crippen LogP contribution in [-0.4, -0.2) is 61.8 Å². The molecule has 13 atom stereocenters. The number of carboxylic acid groups (broad SMARTS) is 2. The Morgan fingerprint density at radius 3 is 2.14 bits per heavy atom. The van der Waals surface area contributed by atoms with Crippen LogP contribution in [0, 0.1) is 52.3 Å². The number of aliphatic hydroxyl groups excluding tert-OH is 3. The Morgan fingerprint density at radius 2 is 1.59 bits per heavy atom. The third-order valence-corrected chi connectivity index (χ3v) is 11.5. The predicted molar refractivity (Wildman–Crippen MR) is 140 cm³/mol. The predicted octanol–water partition coefficient (Wildman–Crippen LogP) is 3.50. The number of nitrogens with two attached hydrogens (primary N) is 1. The number of aliphatic carboxylic acids is 2. The third-order valence-electron chi connectivity index (χ3n) is 11.5. The average molecular weight is 526 g/mol. The number of aliphatic hydroxyl groups is 3. The molecular formula is C29H51NO7. The molecule has 0 aromatic carbocycles. The fraction of sp³-hybridized carbons (Fsp3) is 0.931. The Hall–Kier alpha value is -1.22. The van der Waals surface area contributed by atoms with Crippen molar-refractivity contribution in [3.05, 3.63) is 0 Å². The SMILES string of the molecule is CC(N)C(=O)O.CC[C@H]1[C@@H](O)[C@@H]2[C@H](C[C@H](O)[C@@]3(C)[C@H]2CC[C@H]3[C@H](C)CCC(=O)O)[C@@]2(C)CC[C@@H](O)C[C@@H]12. The van der Waals surface area contributed by atoms with Gasteiger partial charge in [0.25, 0.3) is 0 Å². The van der Waals surface area contributed by atoms with Gasteiger partial charge in [-0.15, -0.1) is 0 Å². The summed E-state index contributed by atoms with van der Waals surface area (Å²) in [6.07, 6.45) is 6.09. The van der Waals surface area contributed by atoms with E-state index in [1.165, 1.54) is 6.92 Å². The first-order chi connectivity index (χ1) is 17.2. The fourth-order valence-electron chi connectivity index (χ4n) is 9.44. The van der Waals surface area contributed by atoms with E-state index in [-0.39, 0.29) is 53.1 Å². The van der Waals surface area contributed by atoms with E-state index in [2.05, 4.69) is 27.7 Å². The van der Waals surface area contributed by atoms with E-state index in [1.807, 2.05) is 0 Å². The van der Waals surface area contributed by atoms with Crippen LogP contribution in [0.3, 0.4) is 0 Å². The summed E-state index contributed by atoms with van der Waals surface area (Å²) in [5.74, 6) is 0.164. The first kappa shape index (κ1) is 30.3. The van der Waals surface area contributed by atoms with Crippen molar-refractivity contribution in [2.45, 2.75) is 117 Å². The van der Waals surface area contributed by atoms with Crippen molar-refractivity contribution in [2.75, 3.05) is 0 Å². The van der Waals surface area contributed by atoms with Crippen LogP contribution < -0.4 is 5.73 Å². The van der Waals surface area contributed by atoms with Crippen molar-refractivity contribution >= 4 is 11.9 Å². The highest BCUT2D eigenvalue weighted by molar-refractivity contribution is 5.72. The summed E-state index contributed by atoms with van der Waals surface area (Å²) in [5.41, 5.74) is 4.65. The summed E-state index contributed by atoms with van der Waals surface area (Å²) in [7, 11) is 0. The lowest BCUT2D eigenvalue weighted by molar-refractivity contribution is -0.228. The molecule has 4 rings (SSSR count). The summed E-state index contributed by atoms with van der Waals surface area (Å²) in [6, 6.07) is -0.731. The van der Waals surface area contributed by atoms with E-state index < -0.39 is 24.1 Å². The molecular weight excluding hydrogens is 474 g/mol. The van der Waals surface area contributed by atoms with Gasteiger partial charge in [0.15, 0.2) is 0 Å². The van der Waals surface area contributed by atoms with Crippen LogP contribution in [0.5, 0.6) is 0 Å². The van der Waals surface area contributed by atoms with Crippen molar-refractivity contribution in [2.24, 2.45) is 58.0 Å². The van der Waals surface area contributed by atoms with Gasteiger partial charge in [-0.1, -0.05) is 34.1 Å². The van der Waals surface area contributed by atoms with Crippen LogP contribution in [0.4, 0.5) is 0 Å². The smallest absolute Gasteiger partial charge is 0.320 e. The molecule has 4 aliphatic rings. The van der Waals surface area contributed by atoms with Crippen molar-refractivity contribution in [1.82, 2.24) is 0 Å². The molecule has 4 fully saturated rings. The third kappa shape index (κ3) is 5.45. The molecule has 0 spiro atoms. The molecule has 4 aliphatic carbocycles. The Bertz CT molecular complexity index is 820. The van der Waals surface area contributed by atoms with Crippen LogP contribution in [0.2, 0.25) is 0 Å². The molecule has 1 unspecified atom stereocenters. The normalized spacial score (nSPS) is 46.4. The maximum Gasteiger partial charge on any atom is 0.320 e. The van der Waals surface area contributed by atoms with Crippen molar-refractivity contribution in [3.63, 3.8) is 0 Å². The van der Waals surface area contributed by atoms with Crippen molar-refractivity contribution < 1.29 is 35.1 Å². The van der Waals surface area contributed by atoms with Gasteiger partial charge in [0, 0.05) is 6.42 Å². The standard InChI is InChI=1S/C26H44O5.C3H7NO2/c1-5-16-19-12-15(27)10-11-25(19,3)20-13-21(28)26(4)17(14(2)6-9-22(29)30)7-8-18(26)23(20)24(16)31;1-2(4)3(5)6/h14-21,23-24,27-28,31H,5-13H2,1-4H3,(H,29,30);2H,4H2,1H3,(H,5,6)/t14-,15-,16-,17+,18+,19+,20+,21+,23+,24-,25+,26-;/m1./s1. The molecule has 0 aromatic rings. The molecule has 4 saturated carbocycles. The molecule has 0 amide bonds. The van der Waals surface area contributed by atoms with E-state index >= 15 is 0 Å². The van der Waals surface area contributed by atoms with E-state index in [1.54, 1.807) is 0 Å². The molecule has 8 heteroatoms. The second-order valence-electron chi connectivity index (χ2n) is 13.2. The second kappa shape index (κ2) is 11.5. The zero-order chi connectivity index (χ0) is 27.9. The second-order valence-corrected chi connectivity index (χ2v) is 13.2. The molecule has 0 aliphatic heterocycles. The quantitative estimate of drug-likeness (QED) is 0.307. The Balaban J connectivity index is 0.000000568. The first-order valence-corrected chi connectivity index (χ1v) is 14.4. The van der Waals surface area contributed by atoms with Gasteiger partial charge in [0.2, 0.25) is 0 Å². The van der Waals surface area contributed by atoms with Gasteiger partial charge >= 0.3 is 11.9 Å². The average Bonchev–Trinajstić information content (AvgIpc) is 3.18. The van der Waals surface area contributed by atoms with E-state index in [9.17, 15) is 24.9 Å². The lowest BCUT2D eigenvalue weighted by atomic mass is 9.41. The van der Waals surface area contributed by atoms with Crippen LogP contribution in [0.25, 0.3) is 0 Å². The summed E-state index contributed by atoms with van der Waals surface area (Å²) >= 11 is 0. The summed E-state index contributed by atoms with van der Waals surface area (Å²) in [4.78, 5) is 20.7. The van der Waals surface area contributed by atoms with Gasteiger partial charge in [0.1, 0.15) is 6.04 Å². The lowest BCUT2D eigenvalue weighted by Crippen LogP contribution is -2.65. The first-order valence-electron chi connectivity index (χ1n) is 14.4. The minimum atomic E-state index is -0.963. The Labute approximate surface area is 222 Å². The van der Waals surface area contributed by atoms with Gasteiger partial charge in [0.05, 0.1) is 18.3 Å². The zero-order valence-electron chi connectivity index (χ0n) is 23.3.